The zero-order valence-corrected chi connectivity index (χ0v) is 9.54. The van der Waals surface area contributed by atoms with Gasteiger partial charge in [0.15, 0.2) is 0 Å². The SMILES string of the molecule is C/C=C1/CCC(C(C)C(C)C)OC1=O. The third kappa shape index (κ3) is 2.37. The number of cyclic esters (lactones) is 1. The average Bonchev–Trinajstić information content (AvgIpc) is 2.16. The third-order valence-corrected chi connectivity index (χ3v) is 3.21. The number of esters is 1. The van der Waals surface area contributed by atoms with Crippen molar-refractivity contribution in [2.24, 2.45) is 11.8 Å². The Balaban J connectivity index is 2.59. The van der Waals surface area contributed by atoms with Gasteiger partial charge >= 0.3 is 5.97 Å². The van der Waals surface area contributed by atoms with E-state index in [0.29, 0.717) is 11.8 Å². The molecule has 0 amide bonds. The summed E-state index contributed by atoms with van der Waals surface area (Å²) in [6.07, 6.45) is 3.83. The van der Waals surface area contributed by atoms with Crippen LogP contribution in [0.4, 0.5) is 0 Å². The van der Waals surface area contributed by atoms with Crippen LogP contribution in [0.25, 0.3) is 0 Å². The first-order chi connectivity index (χ1) is 6.56. The molecule has 0 saturated carbocycles. The van der Waals surface area contributed by atoms with Crippen LogP contribution >= 0.6 is 0 Å². The van der Waals surface area contributed by atoms with E-state index in [1.807, 2.05) is 13.0 Å². The summed E-state index contributed by atoms with van der Waals surface area (Å²) >= 11 is 0. The van der Waals surface area contributed by atoms with E-state index < -0.39 is 0 Å². The number of rotatable bonds is 2. The molecule has 2 atom stereocenters. The molecule has 80 valence electrons. The molecule has 2 heteroatoms. The molecule has 0 radical (unpaired) electrons. The van der Waals surface area contributed by atoms with Gasteiger partial charge in [0.2, 0.25) is 0 Å². The molecule has 0 aromatic heterocycles. The maximum absolute atomic E-state index is 11.5. The summed E-state index contributed by atoms with van der Waals surface area (Å²) in [5, 5.41) is 0. The molecule has 1 fully saturated rings. The van der Waals surface area contributed by atoms with Crippen LogP contribution in [0.3, 0.4) is 0 Å². The Bertz CT molecular complexity index is 241. The van der Waals surface area contributed by atoms with Crippen LogP contribution in [0.5, 0.6) is 0 Å². The number of ether oxygens (including phenoxy) is 1. The van der Waals surface area contributed by atoms with Crippen molar-refractivity contribution in [1.29, 1.82) is 0 Å². The average molecular weight is 196 g/mol. The van der Waals surface area contributed by atoms with Crippen molar-refractivity contribution >= 4 is 5.97 Å². The molecule has 1 rings (SSSR count). The predicted octanol–water partition coefficient (Wildman–Crippen LogP) is 2.93. The molecular weight excluding hydrogens is 176 g/mol. The van der Waals surface area contributed by atoms with Crippen LogP contribution in [-0.4, -0.2) is 12.1 Å². The molecule has 1 aliphatic rings. The Kier molecular flexibility index (Phi) is 3.73. The Morgan fingerprint density at radius 2 is 2.07 bits per heavy atom. The lowest BCUT2D eigenvalue weighted by Gasteiger charge is -2.30. The molecule has 0 aliphatic carbocycles. The molecule has 0 bridgehead atoms. The van der Waals surface area contributed by atoms with Crippen LogP contribution in [0.15, 0.2) is 11.6 Å². The van der Waals surface area contributed by atoms with Crippen molar-refractivity contribution in [2.75, 3.05) is 0 Å². The first kappa shape index (κ1) is 11.3. The largest absolute Gasteiger partial charge is 0.459 e. The van der Waals surface area contributed by atoms with Gasteiger partial charge in [0, 0.05) is 5.57 Å². The molecule has 1 aliphatic heterocycles. The molecule has 0 aromatic carbocycles. The highest BCUT2D eigenvalue weighted by atomic mass is 16.5. The standard InChI is InChI=1S/C12H20O2/c1-5-10-6-7-11(14-12(10)13)9(4)8(2)3/h5,8-9,11H,6-7H2,1-4H3/b10-5-. The van der Waals surface area contributed by atoms with Crippen LogP contribution < -0.4 is 0 Å². The summed E-state index contributed by atoms with van der Waals surface area (Å²) in [5.74, 6) is 0.911. The molecule has 14 heavy (non-hydrogen) atoms. The molecule has 2 unspecified atom stereocenters. The fraction of sp³-hybridized carbons (Fsp3) is 0.750. The fourth-order valence-electron chi connectivity index (χ4n) is 1.73. The zero-order valence-electron chi connectivity index (χ0n) is 9.54. The number of allylic oxidation sites excluding steroid dienone is 1. The Morgan fingerprint density at radius 3 is 2.50 bits per heavy atom. The van der Waals surface area contributed by atoms with E-state index in [2.05, 4.69) is 20.8 Å². The topological polar surface area (TPSA) is 26.3 Å². The second-order valence-corrected chi connectivity index (χ2v) is 4.40. The molecule has 2 nitrogen and oxygen atoms in total. The summed E-state index contributed by atoms with van der Waals surface area (Å²) in [6.45, 7) is 8.39. The molecule has 0 N–H and O–H groups in total. The number of carbonyl (C=O) groups is 1. The van der Waals surface area contributed by atoms with Crippen LogP contribution in [0.2, 0.25) is 0 Å². The van der Waals surface area contributed by atoms with Crippen molar-refractivity contribution in [1.82, 2.24) is 0 Å². The van der Waals surface area contributed by atoms with Gasteiger partial charge in [-0.2, -0.15) is 0 Å². The quantitative estimate of drug-likeness (QED) is 0.501. The van der Waals surface area contributed by atoms with E-state index in [9.17, 15) is 4.79 Å². The van der Waals surface area contributed by atoms with E-state index in [0.717, 1.165) is 18.4 Å². The summed E-state index contributed by atoms with van der Waals surface area (Å²) in [5.41, 5.74) is 0.831. The lowest BCUT2D eigenvalue weighted by molar-refractivity contribution is -0.151. The predicted molar refractivity (Wildman–Crippen MR) is 56.9 cm³/mol. The van der Waals surface area contributed by atoms with Gasteiger partial charge in [-0.15, -0.1) is 0 Å². The third-order valence-electron chi connectivity index (χ3n) is 3.21. The summed E-state index contributed by atoms with van der Waals surface area (Å²) < 4.78 is 5.41. The van der Waals surface area contributed by atoms with Crippen LogP contribution in [0, 0.1) is 11.8 Å². The second-order valence-electron chi connectivity index (χ2n) is 4.40. The zero-order chi connectivity index (χ0) is 10.7. The summed E-state index contributed by atoms with van der Waals surface area (Å²) in [7, 11) is 0. The molecule has 1 heterocycles. The Morgan fingerprint density at radius 1 is 1.43 bits per heavy atom. The minimum absolute atomic E-state index is 0.115. The van der Waals surface area contributed by atoms with Gasteiger partial charge in [-0.25, -0.2) is 4.79 Å². The van der Waals surface area contributed by atoms with Gasteiger partial charge in [-0.3, -0.25) is 0 Å². The van der Waals surface area contributed by atoms with E-state index in [1.54, 1.807) is 0 Å². The Hall–Kier alpha value is -0.790. The maximum Gasteiger partial charge on any atom is 0.333 e. The second kappa shape index (κ2) is 4.63. The highest BCUT2D eigenvalue weighted by molar-refractivity contribution is 5.89. The first-order valence-corrected chi connectivity index (χ1v) is 5.42. The van der Waals surface area contributed by atoms with E-state index in [-0.39, 0.29) is 12.1 Å². The lowest BCUT2D eigenvalue weighted by atomic mass is 9.87. The minimum Gasteiger partial charge on any atom is -0.459 e. The van der Waals surface area contributed by atoms with Gasteiger partial charge in [0.25, 0.3) is 0 Å². The van der Waals surface area contributed by atoms with Crippen molar-refractivity contribution in [3.05, 3.63) is 11.6 Å². The normalized spacial score (nSPS) is 27.9. The van der Waals surface area contributed by atoms with Crippen molar-refractivity contribution in [3.8, 4) is 0 Å². The first-order valence-electron chi connectivity index (χ1n) is 5.42. The monoisotopic (exact) mass is 196 g/mol. The van der Waals surface area contributed by atoms with Crippen LogP contribution in [-0.2, 0) is 9.53 Å². The van der Waals surface area contributed by atoms with Gasteiger partial charge in [-0.05, 0) is 31.6 Å². The summed E-state index contributed by atoms with van der Waals surface area (Å²) in [4.78, 5) is 11.5. The smallest absolute Gasteiger partial charge is 0.333 e. The number of hydrogen-bond donors (Lipinski definition) is 0. The van der Waals surface area contributed by atoms with E-state index >= 15 is 0 Å². The Labute approximate surface area is 86.3 Å². The molecule has 1 saturated heterocycles. The van der Waals surface area contributed by atoms with E-state index in [1.165, 1.54) is 0 Å². The van der Waals surface area contributed by atoms with Gasteiger partial charge < -0.3 is 4.74 Å². The molecule has 0 aromatic rings. The van der Waals surface area contributed by atoms with Gasteiger partial charge in [-0.1, -0.05) is 26.8 Å². The number of hydrogen-bond acceptors (Lipinski definition) is 2. The fourth-order valence-corrected chi connectivity index (χ4v) is 1.73. The summed E-state index contributed by atoms with van der Waals surface area (Å²) in [6, 6.07) is 0. The van der Waals surface area contributed by atoms with Crippen LogP contribution in [0.1, 0.15) is 40.5 Å². The van der Waals surface area contributed by atoms with E-state index in [4.69, 9.17) is 4.74 Å². The molecular formula is C12H20O2. The van der Waals surface area contributed by atoms with Crippen molar-refractivity contribution in [2.45, 2.75) is 46.6 Å². The number of carbonyl (C=O) groups excluding carboxylic acids is 1. The van der Waals surface area contributed by atoms with Gasteiger partial charge in [0.1, 0.15) is 6.10 Å². The highest BCUT2D eigenvalue weighted by Crippen LogP contribution is 2.28. The van der Waals surface area contributed by atoms with Crippen molar-refractivity contribution in [3.63, 3.8) is 0 Å². The minimum atomic E-state index is -0.115. The lowest BCUT2D eigenvalue weighted by Crippen LogP contribution is -2.33. The van der Waals surface area contributed by atoms with Crippen molar-refractivity contribution < 1.29 is 9.53 Å². The van der Waals surface area contributed by atoms with Gasteiger partial charge in [0.05, 0.1) is 0 Å². The maximum atomic E-state index is 11.5. The molecule has 0 spiro atoms. The highest BCUT2D eigenvalue weighted by Gasteiger charge is 2.29.